The number of aliphatic imine (C=N–C) groups is 1. The van der Waals surface area contributed by atoms with Crippen molar-refractivity contribution in [1.29, 1.82) is 0 Å². The summed E-state index contributed by atoms with van der Waals surface area (Å²) in [5.74, 6) is 0.517. The second-order valence-corrected chi connectivity index (χ2v) is 6.48. The van der Waals surface area contributed by atoms with E-state index in [0.29, 0.717) is 30.7 Å². The van der Waals surface area contributed by atoms with Gasteiger partial charge in [0.05, 0.1) is 19.3 Å². The number of halogens is 4. The lowest BCUT2D eigenvalue weighted by Gasteiger charge is -2.12. The van der Waals surface area contributed by atoms with E-state index in [1.165, 1.54) is 0 Å². The van der Waals surface area contributed by atoms with Crippen LogP contribution in [0.2, 0.25) is 0 Å². The molecule has 1 unspecified atom stereocenters. The molecular weight excluding hydrogens is 484 g/mol. The predicted octanol–water partition coefficient (Wildman–Crippen LogP) is 3.03. The number of rotatable bonds is 8. The third-order valence-corrected chi connectivity index (χ3v) is 4.41. The van der Waals surface area contributed by atoms with Crippen molar-refractivity contribution in [2.75, 3.05) is 33.4 Å². The lowest BCUT2D eigenvalue weighted by atomic mass is 10.2. The maximum absolute atomic E-state index is 12.5. The molecule has 0 bridgehead atoms. The second-order valence-electron chi connectivity index (χ2n) is 5.54. The molecule has 11 heteroatoms. The van der Waals surface area contributed by atoms with E-state index in [2.05, 4.69) is 20.6 Å². The van der Waals surface area contributed by atoms with Gasteiger partial charge in [0.25, 0.3) is 0 Å². The minimum atomic E-state index is -4.40. The monoisotopic (exact) mass is 508 g/mol. The maximum atomic E-state index is 12.5. The molecule has 26 heavy (non-hydrogen) atoms. The predicted molar refractivity (Wildman–Crippen MR) is 105 cm³/mol. The van der Waals surface area contributed by atoms with Gasteiger partial charge in [-0.15, -0.1) is 35.3 Å². The zero-order valence-corrected chi connectivity index (χ0v) is 17.6. The first-order valence-corrected chi connectivity index (χ1v) is 9.02. The molecule has 1 aliphatic rings. The van der Waals surface area contributed by atoms with Gasteiger partial charge >= 0.3 is 6.18 Å². The van der Waals surface area contributed by atoms with Crippen molar-refractivity contribution in [3.63, 3.8) is 0 Å². The molecule has 0 spiro atoms. The van der Waals surface area contributed by atoms with Gasteiger partial charge in [-0.3, -0.25) is 4.99 Å². The van der Waals surface area contributed by atoms with Crippen LogP contribution in [-0.4, -0.2) is 50.5 Å². The van der Waals surface area contributed by atoms with Gasteiger partial charge in [0.1, 0.15) is 5.01 Å². The molecule has 2 rings (SSSR count). The molecule has 2 heterocycles. The molecule has 1 aromatic rings. The molecule has 0 aliphatic carbocycles. The van der Waals surface area contributed by atoms with E-state index in [0.717, 1.165) is 42.6 Å². The molecule has 1 saturated heterocycles. The van der Waals surface area contributed by atoms with Crippen LogP contribution < -0.4 is 10.6 Å². The Hall–Kier alpha value is -0.660. The van der Waals surface area contributed by atoms with Crippen LogP contribution >= 0.6 is 35.3 Å². The molecule has 0 amide bonds. The van der Waals surface area contributed by atoms with Gasteiger partial charge in [0.2, 0.25) is 0 Å². The molecule has 1 atom stereocenters. The molecule has 0 saturated carbocycles. The Morgan fingerprint density at radius 2 is 2.27 bits per heavy atom. The highest BCUT2D eigenvalue weighted by molar-refractivity contribution is 14.0. The first-order valence-electron chi connectivity index (χ1n) is 8.14. The normalized spacial score (nSPS) is 17.8. The minimum absolute atomic E-state index is 0. The SMILES string of the molecule is CN=C(NCCCOCC1CCCO1)NCc1nc(C(F)(F)F)cs1.I. The van der Waals surface area contributed by atoms with Gasteiger partial charge in [0.15, 0.2) is 11.7 Å². The molecule has 6 nitrogen and oxygen atoms in total. The Kier molecular flexibility index (Phi) is 10.7. The number of ether oxygens (including phenoxy) is 2. The van der Waals surface area contributed by atoms with Gasteiger partial charge in [0, 0.05) is 32.2 Å². The zero-order valence-electron chi connectivity index (χ0n) is 14.5. The Morgan fingerprint density at radius 1 is 1.46 bits per heavy atom. The number of thiazole rings is 1. The summed E-state index contributed by atoms with van der Waals surface area (Å²) in [6.45, 7) is 2.90. The van der Waals surface area contributed by atoms with Gasteiger partial charge in [-0.2, -0.15) is 13.2 Å². The van der Waals surface area contributed by atoms with Crippen LogP contribution in [0.1, 0.15) is 30.0 Å². The zero-order chi connectivity index (χ0) is 18.1. The maximum Gasteiger partial charge on any atom is 0.434 e. The van der Waals surface area contributed by atoms with Gasteiger partial charge < -0.3 is 20.1 Å². The van der Waals surface area contributed by atoms with E-state index >= 15 is 0 Å². The molecule has 150 valence electrons. The van der Waals surface area contributed by atoms with E-state index in [4.69, 9.17) is 9.47 Å². The average Bonchev–Trinajstić information content (AvgIpc) is 3.24. The van der Waals surface area contributed by atoms with Crippen molar-refractivity contribution in [1.82, 2.24) is 15.6 Å². The highest BCUT2D eigenvalue weighted by atomic mass is 127. The molecular formula is C15H24F3IN4O2S. The first kappa shape index (κ1) is 23.4. The van der Waals surface area contributed by atoms with Crippen LogP contribution in [0.4, 0.5) is 13.2 Å². The van der Waals surface area contributed by atoms with Crippen molar-refractivity contribution < 1.29 is 22.6 Å². The van der Waals surface area contributed by atoms with Gasteiger partial charge in [-0.1, -0.05) is 0 Å². The van der Waals surface area contributed by atoms with Crippen LogP contribution in [0.5, 0.6) is 0 Å². The van der Waals surface area contributed by atoms with Crippen molar-refractivity contribution >= 4 is 41.3 Å². The molecule has 1 fully saturated rings. The number of alkyl halides is 3. The topological polar surface area (TPSA) is 67.8 Å². The summed E-state index contributed by atoms with van der Waals surface area (Å²) in [5, 5.41) is 7.40. The third kappa shape index (κ3) is 8.35. The van der Waals surface area contributed by atoms with Crippen LogP contribution in [-0.2, 0) is 22.2 Å². The fourth-order valence-electron chi connectivity index (χ4n) is 2.27. The third-order valence-electron chi connectivity index (χ3n) is 3.56. The van der Waals surface area contributed by atoms with Crippen molar-refractivity contribution in [2.45, 2.75) is 38.1 Å². The van der Waals surface area contributed by atoms with E-state index in [1.807, 2.05) is 0 Å². The van der Waals surface area contributed by atoms with Crippen LogP contribution in [0, 0.1) is 0 Å². The summed E-state index contributed by atoms with van der Waals surface area (Å²) in [6.07, 6.45) is -1.23. The quantitative estimate of drug-likeness (QED) is 0.245. The Labute approximate surface area is 172 Å². The Morgan fingerprint density at radius 3 is 2.88 bits per heavy atom. The fourth-order valence-corrected chi connectivity index (χ4v) is 3.01. The largest absolute Gasteiger partial charge is 0.434 e. The number of nitrogens with one attached hydrogen (secondary N) is 2. The minimum Gasteiger partial charge on any atom is -0.379 e. The molecule has 0 radical (unpaired) electrons. The lowest BCUT2D eigenvalue weighted by molar-refractivity contribution is -0.140. The smallest absolute Gasteiger partial charge is 0.379 e. The molecule has 2 N–H and O–H groups in total. The van der Waals surface area contributed by atoms with Gasteiger partial charge in [-0.25, -0.2) is 4.98 Å². The van der Waals surface area contributed by atoms with E-state index in [1.54, 1.807) is 7.05 Å². The van der Waals surface area contributed by atoms with E-state index in [9.17, 15) is 13.2 Å². The van der Waals surface area contributed by atoms with Crippen molar-refractivity contribution in [2.24, 2.45) is 4.99 Å². The summed E-state index contributed by atoms with van der Waals surface area (Å²) < 4.78 is 48.5. The Bertz CT molecular complexity index is 551. The number of nitrogens with zero attached hydrogens (tertiary/aromatic N) is 2. The average molecular weight is 508 g/mol. The summed E-state index contributed by atoms with van der Waals surface area (Å²) in [4.78, 5) is 7.59. The van der Waals surface area contributed by atoms with E-state index < -0.39 is 11.9 Å². The van der Waals surface area contributed by atoms with Crippen LogP contribution in [0.25, 0.3) is 0 Å². The second kappa shape index (κ2) is 11.9. The lowest BCUT2D eigenvalue weighted by Crippen LogP contribution is -2.37. The highest BCUT2D eigenvalue weighted by Crippen LogP contribution is 2.29. The Balaban J connectivity index is 0.00000338. The van der Waals surface area contributed by atoms with E-state index in [-0.39, 0.29) is 36.6 Å². The van der Waals surface area contributed by atoms with Crippen molar-refractivity contribution in [3.05, 3.63) is 16.1 Å². The summed E-state index contributed by atoms with van der Waals surface area (Å²) >= 11 is 0.968. The number of hydrogen-bond donors (Lipinski definition) is 2. The highest BCUT2D eigenvalue weighted by Gasteiger charge is 2.33. The number of guanidine groups is 1. The number of hydrogen-bond acceptors (Lipinski definition) is 5. The molecule has 1 aromatic heterocycles. The summed E-state index contributed by atoms with van der Waals surface area (Å²) in [5.41, 5.74) is -0.861. The molecule has 0 aromatic carbocycles. The number of aromatic nitrogens is 1. The molecule has 1 aliphatic heterocycles. The van der Waals surface area contributed by atoms with Gasteiger partial charge in [-0.05, 0) is 19.3 Å². The van der Waals surface area contributed by atoms with Crippen molar-refractivity contribution in [3.8, 4) is 0 Å². The first-order chi connectivity index (χ1) is 12.0. The van der Waals surface area contributed by atoms with Crippen LogP contribution in [0.15, 0.2) is 10.4 Å². The summed E-state index contributed by atoms with van der Waals surface area (Å²) in [6, 6.07) is 0. The standard InChI is InChI=1S/C15H23F3N4O2S.HI/c1-19-14(20-5-3-6-23-9-11-4-2-7-24-11)21-8-13-22-12(10-25-13)15(16,17)18;/h10-11H,2-9H2,1H3,(H2,19,20,21);1H. The summed E-state index contributed by atoms with van der Waals surface area (Å²) in [7, 11) is 1.60. The van der Waals surface area contributed by atoms with Crippen LogP contribution in [0.3, 0.4) is 0 Å². The fraction of sp³-hybridized carbons (Fsp3) is 0.733.